The van der Waals surface area contributed by atoms with Crippen LogP contribution in [-0.2, 0) is 6.54 Å². The van der Waals surface area contributed by atoms with Crippen molar-refractivity contribution in [1.82, 2.24) is 9.97 Å². The number of hydrogen-bond donors (Lipinski definition) is 1. The third kappa shape index (κ3) is 4.02. The summed E-state index contributed by atoms with van der Waals surface area (Å²) in [6.45, 7) is 2.90. The Morgan fingerprint density at radius 2 is 1.50 bits per heavy atom. The zero-order chi connectivity index (χ0) is 17.6. The van der Waals surface area contributed by atoms with Crippen LogP contribution in [0.25, 0.3) is 11.4 Å². The van der Waals surface area contributed by atoms with Crippen molar-refractivity contribution in [3.63, 3.8) is 0 Å². The molecule has 0 bridgehead atoms. The van der Waals surface area contributed by atoms with Crippen molar-refractivity contribution in [2.24, 2.45) is 0 Å². The van der Waals surface area contributed by atoms with Gasteiger partial charge in [-0.05, 0) is 24.8 Å². The first-order valence-corrected chi connectivity index (χ1v) is 9.36. The standard InChI is InChI=1S/C22H24N4/c1-4-10-18(11-5-1)17-23-20-16-21(26-14-8-3-9-15-26)25-22(24-20)19-12-6-2-7-13-19/h1-2,4-7,10-13,16H,3,8-9,14-15,17H2,(H,23,24,25). The van der Waals surface area contributed by atoms with Crippen molar-refractivity contribution in [3.8, 4) is 11.4 Å². The number of aromatic nitrogens is 2. The van der Waals surface area contributed by atoms with Gasteiger partial charge >= 0.3 is 0 Å². The van der Waals surface area contributed by atoms with Gasteiger partial charge in [0.25, 0.3) is 0 Å². The van der Waals surface area contributed by atoms with Crippen LogP contribution >= 0.6 is 0 Å². The Kier molecular flexibility index (Phi) is 5.10. The third-order valence-electron chi connectivity index (χ3n) is 4.74. The first-order chi connectivity index (χ1) is 12.9. The van der Waals surface area contributed by atoms with Crippen LogP contribution in [0.5, 0.6) is 0 Å². The van der Waals surface area contributed by atoms with E-state index in [2.05, 4.69) is 52.7 Å². The molecule has 0 unspecified atom stereocenters. The zero-order valence-corrected chi connectivity index (χ0v) is 14.9. The summed E-state index contributed by atoms with van der Waals surface area (Å²) in [5, 5.41) is 3.47. The van der Waals surface area contributed by atoms with E-state index in [1.165, 1.54) is 24.8 Å². The molecule has 2 heterocycles. The molecule has 0 atom stereocenters. The Bertz CT molecular complexity index is 827. The molecule has 1 aromatic heterocycles. The van der Waals surface area contributed by atoms with Gasteiger partial charge in [0.15, 0.2) is 5.82 Å². The molecule has 4 nitrogen and oxygen atoms in total. The molecular formula is C22H24N4. The van der Waals surface area contributed by atoms with Crippen LogP contribution in [0.4, 0.5) is 11.6 Å². The fourth-order valence-corrected chi connectivity index (χ4v) is 3.31. The average Bonchev–Trinajstić information content (AvgIpc) is 2.74. The third-order valence-corrected chi connectivity index (χ3v) is 4.74. The van der Waals surface area contributed by atoms with Crippen molar-refractivity contribution in [2.75, 3.05) is 23.3 Å². The summed E-state index contributed by atoms with van der Waals surface area (Å²) in [7, 11) is 0. The number of anilines is 2. The highest BCUT2D eigenvalue weighted by Gasteiger charge is 2.15. The van der Waals surface area contributed by atoms with Gasteiger partial charge in [-0.2, -0.15) is 0 Å². The number of rotatable bonds is 5. The molecule has 1 saturated heterocycles. The van der Waals surface area contributed by atoms with Crippen molar-refractivity contribution >= 4 is 11.6 Å². The van der Waals surface area contributed by atoms with Crippen LogP contribution in [-0.4, -0.2) is 23.1 Å². The smallest absolute Gasteiger partial charge is 0.163 e. The van der Waals surface area contributed by atoms with E-state index in [0.717, 1.165) is 42.7 Å². The van der Waals surface area contributed by atoms with Crippen molar-refractivity contribution in [2.45, 2.75) is 25.8 Å². The lowest BCUT2D eigenvalue weighted by Crippen LogP contribution is -2.30. The molecule has 4 heteroatoms. The van der Waals surface area contributed by atoms with Gasteiger partial charge in [0.05, 0.1) is 0 Å². The first kappa shape index (κ1) is 16.6. The number of benzene rings is 2. The van der Waals surface area contributed by atoms with E-state index in [9.17, 15) is 0 Å². The van der Waals surface area contributed by atoms with Crippen LogP contribution < -0.4 is 10.2 Å². The molecule has 1 N–H and O–H groups in total. The summed E-state index contributed by atoms with van der Waals surface area (Å²) in [5.74, 6) is 2.68. The number of piperidine rings is 1. The lowest BCUT2D eigenvalue weighted by atomic mass is 10.1. The van der Waals surface area contributed by atoms with E-state index >= 15 is 0 Å². The van der Waals surface area contributed by atoms with Gasteiger partial charge in [-0.3, -0.25) is 0 Å². The van der Waals surface area contributed by atoms with E-state index in [-0.39, 0.29) is 0 Å². The molecule has 1 aliphatic rings. The van der Waals surface area contributed by atoms with Gasteiger partial charge in [-0.15, -0.1) is 0 Å². The first-order valence-electron chi connectivity index (χ1n) is 9.36. The minimum atomic E-state index is 0.755. The van der Waals surface area contributed by atoms with E-state index in [1.54, 1.807) is 0 Å². The van der Waals surface area contributed by atoms with Gasteiger partial charge in [0.1, 0.15) is 11.6 Å². The van der Waals surface area contributed by atoms with Crippen LogP contribution in [0.3, 0.4) is 0 Å². The summed E-state index contributed by atoms with van der Waals surface area (Å²) >= 11 is 0. The Hall–Kier alpha value is -2.88. The Morgan fingerprint density at radius 3 is 2.23 bits per heavy atom. The van der Waals surface area contributed by atoms with Gasteiger partial charge < -0.3 is 10.2 Å². The van der Waals surface area contributed by atoms with Crippen molar-refractivity contribution in [3.05, 3.63) is 72.3 Å². The molecule has 1 aliphatic heterocycles. The summed E-state index contributed by atoms with van der Waals surface area (Å²) in [6, 6.07) is 22.7. The van der Waals surface area contributed by atoms with Gasteiger partial charge in [0.2, 0.25) is 0 Å². The van der Waals surface area contributed by atoms with Crippen molar-refractivity contribution in [1.29, 1.82) is 0 Å². The SMILES string of the molecule is c1ccc(CNc2cc(N3CCCCC3)nc(-c3ccccc3)n2)cc1. The Morgan fingerprint density at radius 1 is 0.808 bits per heavy atom. The summed E-state index contributed by atoms with van der Waals surface area (Å²) in [6.07, 6.45) is 3.78. The molecule has 4 rings (SSSR count). The molecule has 0 saturated carbocycles. The fourth-order valence-electron chi connectivity index (χ4n) is 3.31. The molecule has 0 aliphatic carbocycles. The molecule has 132 valence electrons. The largest absolute Gasteiger partial charge is 0.366 e. The molecule has 0 amide bonds. The molecular weight excluding hydrogens is 320 g/mol. The van der Waals surface area contributed by atoms with E-state index in [1.807, 2.05) is 24.3 Å². The summed E-state index contributed by atoms with van der Waals surface area (Å²) in [5.41, 5.74) is 2.29. The van der Waals surface area contributed by atoms with Crippen LogP contribution in [0.15, 0.2) is 66.7 Å². The molecule has 0 radical (unpaired) electrons. The predicted octanol–water partition coefficient (Wildman–Crippen LogP) is 4.75. The molecule has 26 heavy (non-hydrogen) atoms. The normalized spacial score (nSPS) is 14.2. The van der Waals surface area contributed by atoms with Gasteiger partial charge in [0, 0.05) is 31.3 Å². The van der Waals surface area contributed by atoms with E-state index < -0.39 is 0 Å². The lowest BCUT2D eigenvalue weighted by molar-refractivity contribution is 0.573. The predicted molar refractivity (Wildman–Crippen MR) is 107 cm³/mol. The number of hydrogen-bond acceptors (Lipinski definition) is 4. The highest BCUT2D eigenvalue weighted by Crippen LogP contribution is 2.25. The van der Waals surface area contributed by atoms with Crippen LogP contribution in [0.2, 0.25) is 0 Å². The topological polar surface area (TPSA) is 41.0 Å². The number of nitrogens with zero attached hydrogens (tertiary/aromatic N) is 3. The van der Waals surface area contributed by atoms with E-state index in [0.29, 0.717) is 0 Å². The fraction of sp³-hybridized carbons (Fsp3) is 0.273. The summed E-state index contributed by atoms with van der Waals surface area (Å²) < 4.78 is 0. The van der Waals surface area contributed by atoms with Crippen LogP contribution in [0.1, 0.15) is 24.8 Å². The minimum Gasteiger partial charge on any atom is -0.366 e. The minimum absolute atomic E-state index is 0.755. The maximum Gasteiger partial charge on any atom is 0.163 e. The van der Waals surface area contributed by atoms with Gasteiger partial charge in [-0.1, -0.05) is 60.7 Å². The Labute approximate surface area is 154 Å². The second-order valence-electron chi connectivity index (χ2n) is 6.69. The maximum atomic E-state index is 4.86. The lowest BCUT2D eigenvalue weighted by Gasteiger charge is -2.28. The highest BCUT2D eigenvalue weighted by atomic mass is 15.2. The molecule has 0 spiro atoms. The maximum absolute atomic E-state index is 4.86. The molecule has 1 fully saturated rings. The molecule has 2 aromatic carbocycles. The number of nitrogens with one attached hydrogen (secondary N) is 1. The van der Waals surface area contributed by atoms with Crippen molar-refractivity contribution < 1.29 is 0 Å². The zero-order valence-electron chi connectivity index (χ0n) is 14.9. The van der Waals surface area contributed by atoms with E-state index in [4.69, 9.17) is 9.97 Å². The Balaban J connectivity index is 1.63. The molecule has 3 aromatic rings. The van der Waals surface area contributed by atoms with Crippen LogP contribution in [0, 0.1) is 0 Å². The second-order valence-corrected chi connectivity index (χ2v) is 6.69. The monoisotopic (exact) mass is 344 g/mol. The highest BCUT2D eigenvalue weighted by molar-refractivity contribution is 5.61. The van der Waals surface area contributed by atoms with Gasteiger partial charge in [-0.25, -0.2) is 9.97 Å². The quantitative estimate of drug-likeness (QED) is 0.725. The second kappa shape index (κ2) is 8.00. The summed E-state index contributed by atoms with van der Waals surface area (Å²) in [4.78, 5) is 12.0. The average molecular weight is 344 g/mol.